The highest BCUT2D eigenvalue weighted by molar-refractivity contribution is 5.84. The number of aromatic nitrogens is 1. The van der Waals surface area contributed by atoms with E-state index in [-0.39, 0.29) is 6.42 Å². The van der Waals surface area contributed by atoms with Crippen molar-refractivity contribution in [1.82, 2.24) is 4.57 Å². The molecule has 6 heteroatoms. The molecule has 0 aliphatic carbocycles. The summed E-state index contributed by atoms with van der Waals surface area (Å²) in [6.07, 6.45) is -2.31. The van der Waals surface area contributed by atoms with E-state index in [1.54, 1.807) is 0 Å². The quantitative estimate of drug-likeness (QED) is 0.808. The lowest BCUT2D eigenvalue weighted by molar-refractivity contribution is -0.186. The fourth-order valence-corrected chi connectivity index (χ4v) is 2.10. The number of hydrogen-bond acceptors (Lipinski definition) is 2. The number of alkyl halides is 3. The smallest absolute Gasteiger partial charge is 0.422 e. The minimum absolute atomic E-state index is 0.0654. The second-order valence-electron chi connectivity index (χ2n) is 4.56. The van der Waals surface area contributed by atoms with Crippen molar-refractivity contribution in [3.63, 3.8) is 0 Å². The monoisotopic (exact) mass is 285 g/mol. The summed E-state index contributed by atoms with van der Waals surface area (Å²) in [7, 11) is 1.88. The molecule has 0 amide bonds. The van der Waals surface area contributed by atoms with Gasteiger partial charge < -0.3 is 9.30 Å². The lowest BCUT2D eigenvalue weighted by Crippen LogP contribution is -2.20. The molecule has 0 fully saturated rings. The molecule has 0 aliphatic heterocycles. The zero-order chi connectivity index (χ0) is 14.8. The maximum Gasteiger partial charge on any atom is 0.422 e. The summed E-state index contributed by atoms with van der Waals surface area (Å²) in [5, 5.41) is 0.999. The molecule has 0 unspecified atom stereocenters. The second kappa shape index (κ2) is 5.56. The van der Waals surface area contributed by atoms with Gasteiger partial charge in [-0.15, -0.1) is 0 Å². The maximum absolute atomic E-state index is 11.9. The van der Waals surface area contributed by atoms with E-state index in [4.69, 9.17) is 0 Å². The normalized spacial score (nSPS) is 11.8. The van der Waals surface area contributed by atoms with E-state index in [9.17, 15) is 18.0 Å². The van der Waals surface area contributed by atoms with E-state index in [0.717, 1.165) is 16.5 Å². The molecule has 2 rings (SSSR count). The van der Waals surface area contributed by atoms with Crippen molar-refractivity contribution in [2.24, 2.45) is 7.05 Å². The van der Waals surface area contributed by atoms with Gasteiger partial charge in [0.1, 0.15) is 0 Å². The highest BCUT2D eigenvalue weighted by Gasteiger charge is 2.29. The van der Waals surface area contributed by atoms with Crippen molar-refractivity contribution in [3.8, 4) is 0 Å². The van der Waals surface area contributed by atoms with Crippen molar-refractivity contribution in [2.75, 3.05) is 6.61 Å². The number of rotatable bonds is 4. The highest BCUT2D eigenvalue weighted by Crippen LogP contribution is 2.22. The molecule has 1 heterocycles. The molecule has 108 valence electrons. The lowest BCUT2D eigenvalue weighted by atomic mass is 10.1. The molecule has 0 spiro atoms. The average molecular weight is 285 g/mol. The van der Waals surface area contributed by atoms with Gasteiger partial charge in [0.15, 0.2) is 6.61 Å². The van der Waals surface area contributed by atoms with Crippen molar-refractivity contribution in [2.45, 2.75) is 19.0 Å². The first-order valence-corrected chi connectivity index (χ1v) is 6.12. The van der Waals surface area contributed by atoms with Crippen LogP contribution in [-0.2, 0) is 23.0 Å². The average Bonchev–Trinajstić information content (AvgIpc) is 2.71. The number of aryl methyl sites for hydroxylation is 2. The lowest BCUT2D eigenvalue weighted by Gasteiger charge is -2.07. The van der Waals surface area contributed by atoms with Gasteiger partial charge >= 0.3 is 12.1 Å². The number of carbonyl (C=O) groups is 1. The van der Waals surface area contributed by atoms with Crippen LogP contribution in [0.15, 0.2) is 30.5 Å². The van der Waals surface area contributed by atoms with E-state index in [2.05, 4.69) is 4.74 Å². The Labute approximate surface area is 113 Å². The first-order chi connectivity index (χ1) is 9.37. The number of para-hydroxylation sites is 1. The van der Waals surface area contributed by atoms with Crippen LogP contribution in [0, 0.1) is 0 Å². The SMILES string of the molecule is Cn1cc(CCC(=O)OCC(F)(F)F)c2ccccc21. The number of halogens is 3. The molecule has 0 atom stereocenters. The summed E-state index contributed by atoms with van der Waals surface area (Å²) in [5.74, 6) is -0.838. The highest BCUT2D eigenvalue weighted by atomic mass is 19.4. The van der Waals surface area contributed by atoms with Crippen LogP contribution in [0.2, 0.25) is 0 Å². The van der Waals surface area contributed by atoms with E-state index in [0.29, 0.717) is 6.42 Å². The molecule has 0 saturated heterocycles. The minimum atomic E-state index is -4.48. The van der Waals surface area contributed by atoms with E-state index in [1.807, 2.05) is 42.1 Å². The summed E-state index contributed by atoms with van der Waals surface area (Å²) < 4.78 is 41.8. The van der Waals surface area contributed by atoms with Crippen LogP contribution in [0.1, 0.15) is 12.0 Å². The zero-order valence-corrected chi connectivity index (χ0v) is 10.9. The molecule has 2 aromatic rings. The van der Waals surface area contributed by atoms with Gasteiger partial charge in [-0.25, -0.2) is 0 Å². The van der Waals surface area contributed by atoms with Crippen LogP contribution in [0.4, 0.5) is 13.2 Å². The standard InChI is InChI=1S/C14H14F3NO2/c1-18-8-10(11-4-2-3-5-12(11)18)6-7-13(19)20-9-14(15,16)17/h2-5,8H,6-7,9H2,1H3. The van der Waals surface area contributed by atoms with Crippen molar-refractivity contribution in [3.05, 3.63) is 36.0 Å². The van der Waals surface area contributed by atoms with Crippen LogP contribution in [0.3, 0.4) is 0 Å². The third kappa shape index (κ3) is 3.53. The predicted molar refractivity (Wildman–Crippen MR) is 68.3 cm³/mol. The minimum Gasteiger partial charge on any atom is -0.456 e. The third-order valence-corrected chi connectivity index (χ3v) is 2.97. The number of hydrogen-bond donors (Lipinski definition) is 0. The van der Waals surface area contributed by atoms with Crippen LogP contribution in [0.25, 0.3) is 10.9 Å². The Morgan fingerprint density at radius 3 is 2.70 bits per heavy atom. The number of esters is 1. The Hall–Kier alpha value is -1.98. The number of nitrogens with zero attached hydrogens (tertiary/aromatic N) is 1. The molecule has 20 heavy (non-hydrogen) atoms. The van der Waals surface area contributed by atoms with Gasteiger partial charge in [-0.05, 0) is 18.1 Å². The number of fused-ring (bicyclic) bond motifs is 1. The molecule has 3 nitrogen and oxygen atoms in total. The molecule has 1 aromatic carbocycles. The van der Waals surface area contributed by atoms with Crippen molar-refractivity contribution >= 4 is 16.9 Å². The van der Waals surface area contributed by atoms with Gasteiger partial charge in [0.05, 0.1) is 0 Å². The molecule has 0 saturated carbocycles. The van der Waals surface area contributed by atoms with Crippen LogP contribution in [-0.4, -0.2) is 23.3 Å². The molecule has 0 radical (unpaired) electrons. The third-order valence-electron chi connectivity index (χ3n) is 2.97. The predicted octanol–water partition coefficient (Wildman–Crippen LogP) is 3.22. The van der Waals surface area contributed by atoms with Gasteiger partial charge in [0.25, 0.3) is 0 Å². The van der Waals surface area contributed by atoms with Gasteiger partial charge in [-0.1, -0.05) is 18.2 Å². The topological polar surface area (TPSA) is 31.2 Å². The van der Waals surface area contributed by atoms with Gasteiger partial charge in [0, 0.05) is 30.6 Å². The molecule has 0 aliphatic rings. The molecular formula is C14H14F3NO2. The fraction of sp³-hybridized carbons (Fsp3) is 0.357. The van der Waals surface area contributed by atoms with Crippen LogP contribution < -0.4 is 0 Å². The second-order valence-corrected chi connectivity index (χ2v) is 4.56. The maximum atomic E-state index is 11.9. The Kier molecular flexibility index (Phi) is 4.01. The van der Waals surface area contributed by atoms with E-state index in [1.165, 1.54) is 0 Å². The summed E-state index contributed by atoms with van der Waals surface area (Å²) >= 11 is 0. The number of carbonyl (C=O) groups excluding carboxylic acids is 1. The molecule has 0 N–H and O–H groups in total. The molecule has 1 aromatic heterocycles. The summed E-state index contributed by atoms with van der Waals surface area (Å²) in [4.78, 5) is 11.3. The number of ether oxygens (including phenoxy) is 1. The summed E-state index contributed by atoms with van der Waals surface area (Å²) in [5.41, 5.74) is 1.94. The first kappa shape index (κ1) is 14.4. The zero-order valence-electron chi connectivity index (χ0n) is 10.9. The van der Waals surface area contributed by atoms with Crippen LogP contribution in [0.5, 0.6) is 0 Å². The van der Waals surface area contributed by atoms with Crippen molar-refractivity contribution in [1.29, 1.82) is 0 Å². The van der Waals surface area contributed by atoms with Gasteiger partial charge in [0.2, 0.25) is 0 Å². The van der Waals surface area contributed by atoms with E-state index < -0.39 is 18.8 Å². The largest absolute Gasteiger partial charge is 0.456 e. The van der Waals surface area contributed by atoms with Crippen molar-refractivity contribution < 1.29 is 22.7 Å². The first-order valence-electron chi connectivity index (χ1n) is 6.12. The number of benzene rings is 1. The Morgan fingerprint density at radius 1 is 1.30 bits per heavy atom. The Bertz CT molecular complexity index is 616. The van der Waals surface area contributed by atoms with Gasteiger partial charge in [-0.3, -0.25) is 4.79 Å². The van der Waals surface area contributed by atoms with Crippen LogP contribution >= 0.6 is 0 Å². The summed E-state index contributed by atoms with van der Waals surface area (Å²) in [6, 6.07) is 7.66. The van der Waals surface area contributed by atoms with E-state index >= 15 is 0 Å². The Morgan fingerprint density at radius 2 is 2.00 bits per heavy atom. The Balaban J connectivity index is 1.98. The molecule has 0 bridgehead atoms. The van der Waals surface area contributed by atoms with Gasteiger partial charge in [-0.2, -0.15) is 13.2 Å². The molecular weight excluding hydrogens is 271 g/mol. The fourth-order valence-electron chi connectivity index (χ4n) is 2.10. The summed E-state index contributed by atoms with van der Waals surface area (Å²) in [6.45, 7) is -1.53.